The Balaban J connectivity index is 1.86. The number of benzene rings is 2. The monoisotopic (exact) mass is 325 g/mol. The minimum Gasteiger partial charge on any atom is -0.489 e. The molecule has 124 valence electrons. The molecule has 3 aromatic rings. The molecule has 0 atom stereocenters. The van der Waals surface area contributed by atoms with Gasteiger partial charge in [0, 0.05) is 22.7 Å². The molecule has 1 heterocycles. The van der Waals surface area contributed by atoms with Crippen LogP contribution >= 0.6 is 0 Å². The third-order valence-corrected chi connectivity index (χ3v) is 3.93. The Labute approximate surface area is 140 Å². The van der Waals surface area contributed by atoms with E-state index in [1.807, 2.05) is 37.3 Å². The lowest BCUT2D eigenvalue weighted by Crippen LogP contribution is -2.17. The maximum absolute atomic E-state index is 13.2. The first kappa shape index (κ1) is 16.4. The van der Waals surface area contributed by atoms with Gasteiger partial charge in [-0.15, -0.1) is 0 Å². The number of halogens is 1. The highest BCUT2D eigenvalue weighted by Gasteiger charge is 2.20. The normalized spacial score (nSPS) is 11.7. The highest BCUT2D eigenvalue weighted by atomic mass is 19.1. The number of ether oxygens (including phenoxy) is 1. The zero-order chi connectivity index (χ0) is 17.3. The van der Waals surface area contributed by atoms with Crippen molar-refractivity contribution in [2.75, 3.05) is 0 Å². The maximum atomic E-state index is 13.2. The van der Waals surface area contributed by atoms with Crippen molar-refractivity contribution in [3.05, 3.63) is 71.2 Å². The van der Waals surface area contributed by atoms with Gasteiger partial charge in [0.25, 0.3) is 0 Å². The van der Waals surface area contributed by atoms with E-state index < -0.39 is 5.60 Å². The Kier molecular flexibility index (Phi) is 4.24. The number of aryl methyl sites for hydroxylation is 1. The molecule has 1 N–H and O–H groups in total. The lowest BCUT2D eigenvalue weighted by Gasteiger charge is -2.20. The summed E-state index contributed by atoms with van der Waals surface area (Å²) in [5, 5.41) is 11.2. The lowest BCUT2D eigenvalue weighted by molar-refractivity contribution is 0.0777. The Morgan fingerprint density at radius 2 is 1.92 bits per heavy atom. The van der Waals surface area contributed by atoms with Crippen molar-refractivity contribution in [2.45, 2.75) is 33.0 Å². The molecule has 1 aromatic heterocycles. The molecule has 0 bridgehead atoms. The van der Waals surface area contributed by atoms with Gasteiger partial charge >= 0.3 is 0 Å². The Bertz CT molecular complexity index is 884. The van der Waals surface area contributed by atoms with Gasteiger partial charge in [-0.05, 0) is 56.7 Å². The molecule has 2 aromatic carbocycles. The Morgan fingerprint density at radius 1 is 1.12 bits per heavy atom. The van der Waals surface area contributed by atoms with E-state index >= 15 is 0 Å². The van der Waals surface area contributed by atoms with Crippen LogP contribution in [0.1, 0.15) is 30.7 Å². The summed E-state index contributed by atoms with van der Waals surface area (Å²) in [6.07, 6.45) is 0. The maximum Gasteiger partial charge on any atom is 0.123 e. The molecule has 0 aliphatic rings. The molecule has 0 radical (unpaired) electrons. The molecule has 0 aliphatic heterocycles. The van der Waals surface area contributed by atoms with Crippen LogP contribution in [0.15, 0.2) is 48.5 Å². The molecule has 0 saturated carbocycles. The highest BCUT2D eigenvalue weighted by Crippen LogP contribution is 2.28. The van der Waals surface area contributed by atoms with Crippen LogP contribution in [-0.4, -0.2) is 10.1 Å². The topological polar surface area (TPSA) is 42.4 Å². The first-order valence-electron chi connectivity index (χ1n) is 7.84. The van der Waals surface area contributed by atoms with Crippen molar-refractivity contribution < 1.29 is 14.2 Å². The summed E-state index contributed by atoms with van der Waals surface area (Å²) in [6.45, 7) is 5.68. The largest absolute Gasteiger partial charge is 0.489 e. The first-order valence-corrected chi connectivity index (χ1v) is 7.84. The second-order valence-corrected chi connectivity index (χ2v) is 6.45. The van der Waals surface area contributed by atoms with Gasteiger partial charge in [-0.1, -0.05) is 12.1 Å². The number of hydrogen-bond donors (Lipinski definition) is 1. The van der Waals surface area contributed by atoms with E-state index in [1.165, 1.54) is 12.1 Å². The number of rotatable bonds is 4. The number of nitrogens with zero attached hydrogens (tertiary/aromatic N) is 1. The zero-order valence-corrected chi connectivity index (χ0v) is 14.0. The molecule has 4 heteroatoms. The van der Waals surface area contributed by atoms with E-state index in [1.54, 1.807) is 19.9 Å². The number of hydrogen-bond acceptors (Lipinski definition) is 3. The van der Waals surface area contributed by atoms with E-state index in [0.29, 0.717) is 12.4 Å². The number of aromatic nitrogens is 1. The summed E-state index contributed by atoms with van der Waals surface area (Å²) in [4.78, 5) is 4.57. The zero-order valence-electron chi connectivity index (χ0n) is 14.0. The molecule has 0 aliphatic carbocycles. The minimum atomic E-state index is -0.933. The minimum absolute atomic E-state index is 0.272. The van der Waals surface area contributed by atoms with Gasteiger partial charge in [-0.2, -0.15) is 0 Å². The third-order valence-electron chi connectivity index (χ3n) is 3.93. The molecule has 0 saturated heterocycles. The molecular weight excluding hydrogens is 305 g/mol. The van der Waals surface area contributed by atoms with Crippen LogP contribution in [0.5, 0.6) is 5.75 Å². The summed E-state index contributed by atoms with van der Waals surface area (Å²) in [5.41, 5.74) is 2.24. The molecular formula is C20H20FNO2. The molecule has 0 amide bonds. The second-order valence-electron chi connectivity index (χ2n) is 6.45. The van der Waals surface area contributed by atoms with Crippen LogP contribution in [0.25, 0.3) is 10.9 Å². The van der Waals surface area contributed by atoms with Crippen molar-refractivity contribution in [3.8, 4) is 5.75 Å². The fourth-order valence-electron chi connectivity index (χ4n) is 2.75. The van der Waals surface area contributed by atoms with Gasteiger partial charge in [-0.3, -0.25) is 4.98 Å². The molecule has 24 heavy (non-hydrogen) atoms. The van der Waals surface area contributed by atoms with E-state index in [2.05, 4.69) is 4.98 Å². The molecule has 0 spiro atoms. The highest BCUT2D eigenvalue weighted by molar-refractivity contribution is 5.81. The number of fused-ring (bicyclic) bond motifs is 1. The Hall–Kier alpha value is -2.46. The van der Waals surface area contributed by atoms with Crippen molar-refractivity contribution in [1.29, 1.82) is 0 Å². The van der Waals surface area contributed by atoms with Crippen LogP contribution in [0.2, 0.25) is 0 Å². The molecule has 3 rings (SSSR count). The van der Waals surface area contributed by atoms with Crippen molar-refractivity contribution in [3.63, 3.8) is 0 Å². The molecule has 0 fully saturated rings. The van der Waals surface area contributed by atoms with Crippen molar-refractivity contribution in [1.82, 2.24) is 4.98 Å². The second kappa shape index (κ2) is 6.21. The van der Waals surface area contributed by atoms with Gasteiger partial charge in [0.05, 0.1) is 11.1 Å². The quantitative estimate of drug-likeness (QED) is 0.768. The Morgan fingerprint density at radius 3 is 2.62 bits per heavy atom. The van der Waals surface area contributed by atoms with Crippen LogP contribution in [0.3, 0.4) is 0 Å². The fourth-order valence-corrected chi connectivity index (χ4v) is 2.75. The van der Waals surface area contributed by atoms with Gasteiger partial charge in [0.15, 0.2) is 0 Å². The summed E-state index contributed by atoms with van der Waals surface area (Å²) >= 11 is 0. The average Bonchev–Trinajstić information content (AvgIpc) is 2.51. The average molecular weight is 325 g/mol. The van der Waals surface area contributed by atoms with Gasteiger partial charge in [-0.25, -0.2) is 4.39 Å². The predicted octanol–water partition coefficient (Wildman–Crippen LogP) is 4.49. The van der Waals surface area contributed by atoms with Gasteiger partial charge in [0.1, 0.15) is 18.2 Å². The first-order chi connectivity index (χ1) is 11.3. The van der Waals surface area contributed by atoms with E-state index in [-0.39, 0.29) is 5.82 Å². The van der Waals surface area contributed by atoms with Crippen molar-refractivity contribution >= 4 is 10.9 Å². The van der Waals surface area contributed by atoms with E-state index in [0.717, 1.165) is 27.7 Å². The summed E-state index contributed by atoms with van der Waals surface area (Å²) in [7, 11) is 0. The smallest absolute Gasteiger partial charge is 0.123 e. The van der Waals surface area contributed by atoms with Crippen LogP contribution in [-0.2, 0) is 12.2 Å². The fraction of sp³-hybridized carbons (Fsp3) is 0.250. The summed E-state index contributed by atoms with van der Waals surface area (Å²) in [5.74, 6) is 0.403. The predicted molar refractivity (Wildman–Crippen MR) is 92.5 cm³/mol. The van der Waals surface area contributed by atoms with Gasteiger partial charge in [0.2, 0.25) is 0 Å². The number of aliphatic hydroxyl groups is 1. The van der Waals surface area contributed by atoms with Gasteiger partial charge < -0.3 is 9.84 Å². The molecule has 3 nitrogen and oxygen atoms in total. The van der Waals surface area contributed by atoms with E-state index in [4.69, 9.17) is 4.74 Å². The molecule has 0 unspecified atom stereocenters. The summed E-state index contributed by atoms with van der Waals surface area (Å²) < 4.78 is 18.9. The van der Waals surface area contributed by atoms with E-state index in [9.17, 15) is 9.50 Å². The number of pyridine rings is 1. The van der Waals surface area contributed by atoms with Crippen LogP contribution < -0.4 is 4.74 Å². The standard InChI is InChI=1S/C20H20FNO2/c1-13-18(20(2,3)23)10-15-7-8-17(11-19(15)22-13)24-12-14-5-4-6-16(21)9-14/h4-11,23H,12H2,1-3H3. The SMILES string of the molecule is Cc1nc2cc(OCc3cccc(F)c3)ccc2cc1C(C)(C)O. The van der Waals surface area contributed by atoms with Crippen LogP contribution in [0, 0.1) is 12.7 Å². The third kappa shape index (κ3) is 3.54. The summed E-state index contributed by atoms with van der Waals surface area (Å²) in [6, 6.07) is 13.9. The van der Waals surface area contributed by atoms with Crippen LogP contribution in [0.4, 0.5) is 4.39 Å². The lowest BCUT2D eigenvalue weighted by atomic mass is 9.95. The van der Waals surface area contributed by atoms with Crippen molar-refractivity contribution in [2.24, 2.45) is 0 Å².